The average molecular weight is 350 g/mol. The van der Waals surface area contributed by atoms with E-state index in [1.807, 2.05) is 11.8 Å². The van der Waals surface area contributed by atoms with Crippen LogP contribution < -0.4 is 4.74 Å². The standard InChI is InChI=1S/C19H27FN2O3/c1-3-4-18(23)22-11-9-15(10-12-22)19(24)21(2)13-14-25-17-7-5-16(20)6-8-17/h5-8,15H,3-4,9-14H2,1-2H3. The monoisotopic (exact) mass is 350 g/mol. The second-order valence-electron chi connectivity index (χ2n) is 6.47. The summed E-state index contributed by atoms with van der Waals surface area (Å²) in [5, 5.41) is 0. The first-order chi connectivity index (χ1) is 12.0. The van der Waals surface area contributed by atoms with Gasteiger partial charge in [0.1, 0.15) is 18.2 Å². The topological polar surface area (TPSA) is 49.9 Å². The Morgan fingerprint density at radius 1 is 1.24 bits per heavy atom. The van der Waals surface area contributed by atoms with Crippen LogP contribution in [0.5, 0.6) is 5.75 Å². The fourth-order valence-electron chi connectivity index (χ4n) is 3.00. The van der Waals surface area contributed by atoms with Gasteiger partial charge in [-0.05, 0) is 43.5 Å². The third-order valence-corrected chi connectivity index (χ3v) is 4.55. The van der Waals surface area contributed by atoms with Crippen LogP contribution >= 0.6 is 0 Å². The summed E-state index contributed by atoms with van der Waals surface area (Å²) in [6.07, 6.45) is 2.88. The SMILES string of the molecule is CCCC(=O)N1CCC(C(=O)N(C)CCOc2ccc(F)cc2)CC1. The number of piperidine rings is 1. The highest BCUT2D eigenvalue weighted by Crippen LogP contribution is 2.20. The van der Waals surface area contributed by atoms with E-state index in [2.05, 4.69) is 0 Å². The molecule has 0 aliphatic carbocycles. The van der Waals surface area contributed by atoms with E-state index in [0.717, 1.165) is 19.3 Å². The molecule has 0 spiro atoms. The van der Waals surface area contributed by atoms with Gasteiger partial charge in [-0.3, -0.25) is 9.59 Å². The number of benzene rings is 1. The number of hydrogen-bond donors (Lipinski definition) is 0. The van der Waals surface area contributed by atoms with Crippen molar-refractivity contribution in [2.45, 2.75) is 32.6 Å². The number of nitrogens with zero attached hydrogens (tertiary/aromatic N) is 2. The predicted molar refractivity (Wildman–Crippen MR) is 93.7 cm³/mol. The van der Waals surface area contributed by atoms with Gasteiger partial charge in [-0.15, -0.1) is 0 Å². The molecular formula is C19H27FN2O3. The van der Waals surface area contributed by atoms with Gasteiger partial charge in [-0.25, -0.2) is 4.39 Å². The number of carbonyl (C=O) groups excluding carboxylic acids is 2. The van der Waals surface area contributed by atoms with Gasteiger partial charge >= 0.3 is 0 Å². The first kappa shape index (κ1) is 19.2. The number of amides is 2. The molecule has 0 aromatic heterocycles. The molecule has 6 heteroatoms. The smallest absolute Gasteiger partial charge is 0.225 e. The molecular weight excluding hydrogens is 323 g/mol. The second-order valence-corrected chi connectivity index (χ2v) is 6.47. The Hall–Kier alpha value is -2.11. The van der Waals surface area contributed by atoms with Gasteiger partial charge < -0.3 is 14.5 Å². The predicted octanol–water partition coefficient (Wildman–Crippen LogP) is 2.70. The molecule has 138 valence electrons. The zero-order valence-electron chi connectivity index (χ0n) is 15.0. The molecule has 2 amide bonds. The molecule has 5 nitrogen and oxygen atoms in total. The number of likely N-dealkylation sites (N-methyl/N-ethyl adjacent to an activating group) is 1. The van der Waals surface area contributed by atoms with Crippen molar-refractivity contribution in [2.24, 2.45) is 5.92 Å². The minimum absolute atomic E-state index is 0.0264. The Morgan fingerprint density at radius 2 is 1.88 bits per heavy atom. The van der Waals surface area contributed by atoms with Crippen molar-refractivity contribution in [3.63, 3.8) is 0 Å². The first-order valence-corrected chi connectivity index (χ1v) is 8.92. The van der Waals surface area contributed by atoms with E-state index in [-0.39, 0.29) is 23.5 Å². The van der Waals surface area contributed by atoms with Crippen molar-refractivity contribution in [2.75, 3.05) is 33.3 Å². The van der Waals surface area contributed by atoms with E-state index in [1.54, 1.807) is 24.1 Å². The highest BCUT2D eigenvalue weighted by molar-refractivity contribution is 5.80. The van der Waals surface area contributed by atoms with Crippen LogP contribution in [0, 0.1) is 11.7 Å². The summed E-state index contributed by atoms with van der Waals surface area (Å²) in [5.41, 5.74) is 0. The van der Waals surface area contributed by atoms with Gasteiger partial charge in [-0.2, -0.15) is 0 Å². The summed E-state index contributed by atoms with van der Waals surface area (Å²) in [4.78, 5) is 27.9. The Bertz CT molecular complexity index is 569. The normalized spacial score (nSPS) is 15.1. The van der Waals surface area contributed by atoms with Crippen LogP contribution in [-0.2, 0) is 9.59 Å². The summed E-state index contributed by atoms with van der Waals surface area (Å²) >= 11 is 0. The van der Waals surface area contributed by atoms with E-state index in [0.29, 0.717) is 38.4 Å². The van der Waals surface area contributed by atoms with E-state index in [1.165, 1.54) is 12.1 Å². The third-order valence-electron chi connectivity index (χ3n) is 4.55. The van der Waals surface area contributed by atoms with Gasteiger partial charge in [-0.1, -0.05) is 6.92 Å². The van der Waals surface area contributed by atoms with Gasteiger partial charge in [0, 0.05) is 32.5 Å². The largest absolute Gasteiger partial charge is 0.492 e. The number of hydrogen-bond acceptors (Lipinski definition) is 3. The summed E-state index contributed by atoms with van der Waals surface area (Å²) in [7, 11) is 1.77. The van der Waals surface area contributed by atoms with Crippen molar-refractivity contribution < 1.29 is 18.7 Å². The molecule has 1 saturated heterocycles. The van der Waals surface area contributed by atoms with Crippen LogP contribution in [0.2, 0.25) is 0 Å². The van der Waals surface area contributed by atoms with E-state index >= 15 is 0 Å². The molecule has 2 rings (SSSR count). The zero-order chi connectivity index (χ0) is 18.2. The van der Waals surface area contributed by atoms with Crippen LogP contribution in [-0.4, -0.2) is 54.9 Å². The number of rotatable bonds is 7. The maximum absolute atomic E-state index is 12.8. The quantitative estimate of drug-likeness (QED) is 0.760. The Kier molecular flexibility index (Phi) is 7.22. The van der Waals surface area contributed by atoms with Crippen LogP contribution in [0.3, 0.4) is 0 Å². The lowest BCUT2D eigenvalue weighted by Crippen LogP contribution is -2.44. The summed E-state index contributed by atoms with van der Waals surface area (Å²) in [6.45, 7) is 4.16. The minimum Gasteiger partial charge on any atom is -0.492 e. The van der Waals surface area contributed by atoms with Crippen molar-refractivity contribution in [1.29, 1.82) is 0 Å². The zero-order valence-corrected chi connectivity index (χ0v) is 15.0. The third kappa shape index (κ3) is 5.73. The maximum Gasteiger partial charge on any atom is 0.225 e. The summed E-state index contributed by atoms with van der Waals surface area (Å²) < 4.78 is 18.4. The fourth-order valence-corrected chi connectivity index (χ4v) is 3.00. The van der Waals surface area contributed by atoms with Crippen molar-refractivity contribution in [3.05, 3.63) is 30.1 Å². The van der Waals surface area contributed by atoms with Crippen molar-refractivity contribution in [1.82, 2.24) is 9.80 Å². The molecule has 0 radical (unpaired) electrons. The number of ether oxygens (including phenoxy) is 1. The average Bonchev–Trinajstić information content (AvgIpc) is 2.63. The molecule has 1 aliphatic heterocycles. The Labute approximate surface area is 148 Å². The molecule has 1 fully saturated rings. The number of carbonyl (C=O) groups is 2. The van der Waals surface area contributed by atoms with Crippen LogP contribution in [0.1, 0.15) is 32.6 Å². The van der Waals surface area contributed by atoms with Crippen LogP contribution in [0.25, 0.3) is 0 Å². The lowest BCUT2D eigenvalue weighted by molar-refractivity contribution is -0.140. The van der Waals surface area contributed by atoms with Gasteiger partial charge in [0.2, 0.25) is 11.8 Å². The van der Waals surface area contributed by atoms with E-state index in [9.17, 15) is 14.0 Å². The number of halogens is 1. The molecule has 0 bridgehead atoms. The molecule has 1 aromatic carbocycles. The van der Waals surface area contributed by atoms with Crippen LogP contribution in [0.15, 0.2) is 24.3 Å². The highest BCUT2D eigenvalue weighted by atomic mass is 19.1. The molecule has 1 heterocycles. The molecule has 0 N–H and O–H groups in total. The molecule has 25 heavy (non-hydrogen) atoms. The Morgan fingerprint density at radius 3 is 2.48 bits per heavy atom. The molecule has 1 aromatic rings. The second kappa shape index (κ2) is 9.39. The maximum atomic E-state index is 12.8. The molecule has 1 aliphatic rings. The lowest BCUT2D eigenvalue weighted by Gasteiger charge is -2.33. The first-order valence-electron chi connectivity index (χ1n) is 8.92. The summed E-state index contributed by atoms with van der Waals surface area (Å²) in [6, 6.07) is 5.83. The Balaban J connectivity index is 1.71. The van der Waals surface area contributed by atoms with Crippen LogP contribution in [0.4, 0.5) is 4.39 Å². The van der Waals surface area contributed by atoms with Crippen molar-refractivity contribution >= 4 is 11.8 Å². The lowest BCUT2D eigenvalue weighted by atomic mass is 9.95. The molecule has 0 saturated carbocycles. The minimum atomic E-state index is -0.302. The molecule has 0 unspecified atom stereocenters. The molecule has 0 atom stereocenters. The van der Waals surface area contributed by atoms with E-state index < -0.39 is 0 Å². The number of likely N-dealkylation sites (tertiary alicyclic amines) is 1. The fraction of sp³-hybridized carbons (Fsp3) is 0.579. The highest BCUT2D eigenvalue weighted by Gasteiger charge is 2.28. The van der Waals surface area contributed by atoms with Gasteiger partial charge in [0.25, 0.3) is 0 Å². The summed E-state index contributed by atoms with van der Waals surface area (Å²) in [5.74, 6) is 0.551. The van der Waals surface area contributed by atoms with Gasteiger partial charge in [0.15, 0.2) is 0 Å². The van der Waals surface area contributed by atoms with Gasteiger partial charge in [0.05, 0.1) is 6.54 Å². The van der Waals surface area contributed by atoms with Crippen molar-refractivity contribution in [3.8, 4) is 5.75 Å². The van der Waals surface area contributed by atoms with E-state index in [4.69, 9.17) is 4.74 Å².